The minimum atomic E-state index is 0.122. The highest BCUT2D eigenvalue weighted by molar-refractivity contribution is 8.00. The van der Waals surface area contributed by atoms with Gasteiger partial charge in [-0.05, 0) is 32.4 Å². The number of carbonyl (C=O) groups is 1. The van der Waals surface area contributed by atoms with Crippen LogP contribution in [0.3, 0.4) is 0 Å². The Hall–Kier alpha value is -0.220. The summed E-state index contributed by atoms with van der Waals surface area (Å²) in [6.45, 7) is 5.54. The Morgan fingerprint density at radius 3 is 2.56 bits per heavy atom. The molecule has 0 bridgehead atoms. The zero-order valence-electron chi connectivity index (χ0n) is 12.1. The van der Waals surface area contributed by atoms with Crippen LogP contribution in [0.25, 0.3) is 0 Å². The maximum Gasteiger partial charge on any atom is 0.234 e. The third-order valence-electron chi connectivity index (χ3n) is 3.95. The summed E-state index contributed by atoms with van der Waals surface area (Å²) in [5, 5.41) is 6.33. The first-order valence-corrected chi connectivity index (χ1v) is 8.39. The van der Waals surface area contributed by atoms with Gasteiger partial charge in [0.15, 0.2) is 0 Å². The van der Waals surface area contributed by atoms with Crippen LogP contribution in [-0.2, 0) is 4.79 Å². The molecule has 0 aliphatic heterocycles. The summed E-state index contributed by atoms with van der Waals surface area (Å²) in [6.07, 6.45) is 9.80. The van der Waals surface area contributed by atoms with E-state index in [0.717, 1.165) is 13.0 Å². The first-order valence-electron chi connectivity index (χ1n) is 7.17. The van der Waals surface area contributed by atoms with Crippen molar-refractivity contribution >= 4 is 17.7 Å². The van der Waals surface area contributed by atoms with Gasteiger partial charge in [-0.2, -0.15) is 11.8 Å². The van der Waals surface area contributed by atoms with Gasteiger partial charge in [-0.25, -0.2) is 0 Å². The van der Waals surface area contributed by atoms with Crippen molar-refractivity contribution in [1.29, 1.82) is 0 Å². The summed E-state index contributed by atoms with van der Waals surface area (Å²) in [5.41, 5.74) is 0. The molecule has 1 aliphatic carbocycles. The summed E-state index contributed by atoms with van der Waals surface area (Å²) in [5.74, 6) is 0.122. The lowest BCUT2D eigenvalue weighted by molar-refractivity contribution is -0.120. The van der Waals surface area contributed by atoms with Crippen molar-refractivity contribution < 1.29 is 4.79 Å². The van der Waals surface area contributed by atoms with Crippen LogP contribution in [0, 0.1) is 0 Å². The molecule has 1 aliphatic rings. The second-order valence-electron chi connectivity index (χ2n) is 5.43. The summed E-state index contributed by atoms with van der Waals surface area (Å²) in [6, 6.07) is 0.281. The second kappa shape index (κ2) is 8.05. The van der Waals surface area contributed by atoms with Crippen LogP contribution in [0.5, 0.6) is 0 Å². The van der Waals surface area contributed by atoms with Crippen LogP contribution in [-0.4, -0.2) is 36.0 Å². The van der Waals surface area contributed by atoms with Crippen molar-refractivity contribution in [1.82, 2.24) is 10.6 Å². The maximum atomic E-state index is 11.7. The average molecular weight is 272 g/mol. The average Bonchev–Trinajstić information content (AvgIpc) is 2.39. The second-order valence-corrected chi connectivity index (χ2v) is 6.70. The van der Waals surface area contributed by atoms with E-state index >= 15 is 0 Å². The molecule has 1 unspecified atom stereocenters. The largest absolute Gasteiger partial charge is 0.353 e. The van der Waals surface area contributed by atoms with Crippen molar-refractivity contribution in [2.24, 2.45) is 0 Å². The maximum absolute atomic E-state index is 11.7. The Morgan fingerprint density at radius 2 is 2.00 bits per heavy atom. The van der Waals surface area contributed by atoms with E-state index in [9.17, 15) is 4.79 Å². The summed E-state index contributed by atoms with van der Waals surface area (Å²) >= 11 is 1.97. The summed E-state index contributed by atoms with van der Waals surface area (Å²) in [4.78, 5) is 11.7. The number of thioether (sulfide) groups is 1. The number of carbonyl (C=O) groups excluding carboxylic acids is 1. The Balaban J connectivity index is 2.24. The third kappa shape index (κ3) is 5.19. The molecule has 18 heavy (non-hydrogen) atoms. The molecule has 1 saturated carbocycles. The van der Waals surface area contributed by atoms with Crippen molar-refractivity contribution in [2.45, 2.75) is 63.2 Å². The molecule has 1 amide bonds. The molecule has 0 aromatic rings. The van der Waals surface area contributed by atoms with E-state index in [-0.39, 0.29) is 11.9 Å². The van der Waals surface area contributed by atoms with Crippen LogP contribution in [0.1, 0.15) is 52.4 Å². The van der Waals surface area contributed by atoms with E-state index in [0.29, 0.717) is 11.3 Å². The Kier molecular flexibility index (Phi) is 7.08. The van der Waals surface area contributed by atoms with Crippen LogP contribution < -0.4 is 10.6 Å². The molecule has 106 valence electrons. The van der Waals surface area contributed by atoms with E-state index in [2.05, 4.69) is 23.8 Å². The molecule has 1 rings (SSSR count). The quantitative estimate of drug-likeness (QED) is 0.748. The number of nitrogens with one attached hydrogen (secondary N) is 2. The molecular formula is C14H28N2OS. The molecule has 0 spiro atoms. The zero-order valence-corrected chi connectivity index (χ0v) is 12.9. The van der Waals surface area contributed by atoms with Crippen LogP contribution in [0.15, 0.2) is 0 Å². The van der Waals surface area contributed by atoms with Gasteiger partial charge >= 0.3 is 0 Å². The van der Waals surface area contributed by atoms with Gasteiger partial charge in [0.2, 0.25) is 5.91 Å². The molecule has 3 nitrogen and oxygen atoms in total. The van der Waals surface area contributed by atoms with Gasteiger partial charge < -0.3 is 10.6 Å². The summed E-state index contributed by atoms with van der Waals surface area (Å²) < 4.78 is 0.370. The molecule has 4 heteroatoms. The van der Waals surface area contributed by atoms with E-state index < -0.39 is 0 Å². The smallest absolute Gasteiger partial charge is 0.234 e. The fourth-order valence-corrected chi connectivity index (χ4v) is 3.42. The Morgan fingerprint density at radius 1 is 1.33 bits per heavy atom. The topological polar surface area (TPSA) is 41.1 Å². The first-order chi connectivity index (χ1) is 8.62. The number of hydrogen-bond donors (Lipinski definition) is 2. The molecule has 0 aromatic heterocycles. The lowest BCUT2D eigenvalue weighted by Crippen LogP contribution is -2.44. The predicted molar refractivity (Wildman–Crippen MR) is 80.1 cm³/mol. The van der Waals surface area contributed by atoms with Gasteiger partial charge in [-0.15, -0.1) is 0 Å². The fraction of sp³-hybridized carbons (Fsp3) is 0.929. The van der Waals surface area contributed by atoms with Crippen molar-refractivity contribution in [2.75, 3.05) is 19.3 Å². The minimum Gasteiger partial charge on any atom is -0.353 e. The molecular weight excluding hydrogens is 244 g/mol. The number of amides is 1. The van der Waals surface area contributed by atoms with E-state index in [1.165, 1.54) is 32.1 Å². The van der Waals surface area contributed by atoms with Crippen molar-refractivity contribution in [3.63, 3.8) is 0 Å². The monoisotopic (exact) mass is 272 g/mol. The standard InChI is InChI=1S/C14H28N2OS/c1-4-12(2)16-13(17)10-15-11-14(18-3)8-6-5-7-9-14/h12,15H,4-11H2,1-3H3,(H,16,17). The molecule has 0 aromatic carbocycles. The van der Waals surface area contributed by atoms with E-state index in [1.807, 2.05) is 18.7 Å². The highest BCUT2D eigenvalue weighted by atomic mass is 32.2. The summed E-state index contributed by atoms with van der Waals surface area (Å²) in [7, 11) is 0. The fourth-order valence-electron chi connectivity index (χ4n) is 2.48. The van der Waals surface area contributed by atoms with Crippen LogP contribution in [0.4, 0.5) is 0 Å². The van der Waals surface area contributed by atoms with Crippen molar-refractivity contribution in [3.8, 4) is 0 Å². The van der Waals surface area contributed by atoms with Gasteiger partial charge in [-0.1, -0.05) is 26.2 Å². The molecule has 1 atom stereocenters. The molecule has 2 N–H and O–H groups in total. The zero-order chi connectivity index (χ0) is 13.4. The van der Waals surface area contributed by atoms with E-state index in [1.54, 1.807) is 0 Å². The third-order valence-corrected chi connectivity index (χ3v) is 5.37. The van der Waals surface area contributed by atoms with Crippen molar-refractivity contribution in [3.05, 3.63) is 0 Å². The van der Waals surface area contributed by atoms with Crippen LogP contribution in [0.2, 0.25) is 0 Å². The molecule has 0 heterocycles. The molecule has 1 fully saturated rings. The Bertz CT molecular complexity index is 252. The van der Waals surface area contributed by atoms with Crippen LogP contribution >= 0.6 is 11.8 Å². The molecule has 0 radical (unpaired) electrons. The minimum absolute atomic E-state index is 0.122. The first kappa shape index (κ1) is 15.8. The lowest BCUT2D eigenvalue weighted by Gasteiger charge is -2.36. The van der Waals surface area contributed by atoms with Gasteiger partial charge in [0.25, 0.3) is 0 Å². The van der Waals surface area contributed by atoms with Gasteiger partial charge in [0.1, 0.15) is 0 Å². The normalized spacial score (nSPS) is 20.4. The SMILES string of the molecule is CCC(C)NC(=O)CNCC1(SC)CCCCC1. The Labute approximate surface area is 116 Å². The predicted octanol–water partition coefficient (Wildman–Crippen LogP) is 2.56. The molecule has 0 saturated heterocycles. The van der Waals surface area contributed by atoms with Gasteiger partial charge in [0.05, 0.1) is 6.54 Å². The number of rotatable bonds is 7. The van der Waals surface area contributed by atoms with Gasteiger partial charge in [-0.3, -0.25) is 4.79 Å². The van der Waals surface area contributed by atoms with Gasteiger partial charge in [0, 0.05) is 17.3 Å². The lowest BCUT2D eigenvalue weighted by atomic mass is 9.88. The number of hydrogen-bond acceptors (Lipinski definition) is 3. The highest BCUT2D eigenvalue weighted by Crippen LogP contribution is 2.37. The van der Waals surface area contributed by atoms with E-state index in [4.69, 9.17) is 0 Å². The highest BCUT2D eigenvalue weighted by Gasteiger charge is 2.30.